The van der Waals surface area contributed by atoms with Gasteiger partial charge in [0.2, 0.25) is 6.29 Å². The first-order valence-electron chi connectivity index (χ1n) is 13.6. The standard InChI is InChI=1S/C34H35FO5/c1-25-17-19-29(20-18-25)39-34-33(38-24-28-15-9-4-10-16-28)32(37-23-27-13-7-3-8-14-27)31(30(21-35)40-34)36-22-26-11-5-2-6-12-26/h2-20,30-34H,21-24H2,1H3. The fourth-order valence-corrected chi connectivity index (χ4v) is 4.72. The summed E-state index contributed by atoms with van der Waals surface area (Å²) in [5.74, 6) is 0.604. The average Bonchev–Trinajstić information content (AvgIpc) is 3.01. The zero-order valence-electron chi connectivity index (χ0n) is 22.6. The molecule has 4 aromatic rings. The molecule has 208 valence electrons. The van der Waals surface area contributed by atoms with E-state index in [9.17, 15) is 4.39 Å². The molecule has 5 unspecified atom stereocenters. The van der Waals surface area contributed by atoms with Crippen LogP contribution in [0.5, 0.6) is 5.75 Å². The zero-order chi connectivity index (χ0) is 27.6. The molecule has 0 saturated carbocycles. The van der Waals surface area contributed by atoms with Gasteiger partial charge in [-0.15, -0.1) is 0 Å². The van der Waals surface area contributed by atoms with Crippen LogP contribution in [0.15, 0.2) is 115 Å². The number of rotatable bonds is 12. The molecular weight excluding hydrogens is 507 g/mol. The van der Waals surface area contributed by atoms with Gasteiger partial charge in [0.1, 0.15) is 36.8 Å². The fraction of sp³-hybridized carbons (Fsp3) is 0.294. The van der Waals surface area contributed by atoms with E-state index in [2.05, 4.69) is 0 Å². The van der Waals surface area contributed by atoms with Gasteiger partial charge in [-0.05, 0) is 35.7 Å². The zero-order valence-corrected chi connectivity index (χ0v) is 22.6. The highest BCUT2D eigenvalue weighted by Crippen LogP contribution is 2.32. The summed E-state index contributed by atoms with van der Waals surface area (Å²) in [6.45, 7) is 2.14. The monoisotopic (exact) mass is 542 g/mol. The Labute approximate surface area is 235 Å². The van der Waals surface area contributed by atoms with Crippen molar-refractivity contribution in [3.8, 4) is 5.75 Å². The van der Waals surface area contributed by atoms with Crippen molar-refractivity contribution in [2.45, 2.75) is 57.5 Å². The van der Waals surface area contributed by atoms with Crippen LogP contribution in [0, 0.1) is 6.92 Å². The fourth-order valence-electron chi connectivity index (χ4n) is 4.72. The number of benzene rings is 4. The maximum atomic E-state index is 14.6. The van der Waals surface area contributed by atoms with Gasteiger partial charge < -0.3 is 23.7 Å². The summed E-state index contributed by atoms with van der Waals surface area (Å²) in [7, 11) is 0. The summed E-state index contributed by atoms with van der Waals surface area (Å²) in [4.78, 5) is 0. The van der Waals surface area contributed by atoms with Crippen LogP contribution >= 0.6 is 0 Å². The van der Waals surface area contributed by atoms with E-state index in [0.717, 1.165) is 22.3 Å². The van der Waals surface area contributed by atoms with Crippen LogP contribution in [-0.4, -0.2) is 37.4 Å². The molecule has 0 radical (unpaired) electrons. The van der Waals surface area contributed by atoms with Gasteiger partial charge >= 0.3 is 0 Å². The third-order valence-corrected chi connectivity index (χ3v) is 6.87. The summed E-state index contributed by atoms with van der Waals surface area (Å²) in [6.07, 6.45) is -3.92. The molecule has 0 amide bonds. The van der Waals surface area contributed by atoms with E-state index in [1.165, 1.54) is 0 Å². The van der Waals surface area contributed by atoms with Crippen LogP contribution in [0.2, 0.25) is 0 Å². The van der Waals surface area contributed by atoms with E-state index in [1.54, 1.807) is 0 Å². The maximum absolute atomic E-state index is 14.6. The Kier molecular flexibility index (Phi) is 9.93. The molecule has 5 nitrogen and oxygen atoms in total. The number of halogens is 1. The van der Waals surface area contributed by atoms with Gasteiger partial charge in [0.05, 0.1) is 19.8 Å². The number of hydrogen-bond donors (Lipinski definition) is 0. The topological polar surface area (TPSA) is 46.2 Å². The molecule has 1 aliphatic heterocycles. The Morgan fingerprint density at radius 1 is 0.575 bits per heavy atom. The minimum absolute atomic E-state index is 0.283. The molecular formula is C34H35FO5. The second kappa shape index (κ2) is 14.2. The molecule has 5 atom stereocenters. The minimum Gasteiger partial charge on any atom is -0.462 e. The average molecular weight is 543 g/mol. The normalized spacial score (nSPS) is 22.6. The lowest BCUT2D eigenvalue weighted by Crippen LogP contribution is -2.62. The second-order valence-corrected chi connectivity index (χ2v) is 9.91. The lowest BCUT2D eigenvalue weighted by atomic mass is 9.98. The Bertz CT molecular complexity index is 1270. The Hall–Kier alpha value is -3.55. The minimum atomic E-state index is -0.912. The van der Waals surface area contributed by atoms with Crippen molar-refractivity contribution >= 4 is 0 Å². The van der Waals surface area contributed by atoms with E-state index in [1.807, 2.05) is 122 Å². The van der Waals surface area contributed by atoms with Gasteiger partial charge in [-0.3, -0.25) is 0 Å². The number of hydrogen-bond acceptors (Lipinski definition) is 5. The predicted octanol–water partition coefficient (Wildman–Crippen LogP) is 6.82. The molecule has 5 rings (SSSR count). The summed E-state index contributed by atoms with van der Waals surface area (Å²) in [6, 6.07) is 37.2. The lowest BCUT2D eigenvalue weighted by molar-refractivity contribution is -0.305. The van der Waals surface area contributed by atoms with Gasteiger partial charge in [-0.25, -0.2) is 4.39 Å². The Morgan fingerprint density at radius 2 is 1.02 bits per heavy atom. The molecule has 0 aromatic heterocycles. The van der Waals surface area contributed by atoms with Crippen molar-refractivity contribution in [1.82, 2.24) is 0 Å². The van der Waals surface area contributed by atoms with Crippen LogP contribution < -0.4 is 4.74 Å². The van der Waals surface area contributed by atoms with Crippen molar-refractivity contribution in [3.63, 3.8) is 0 Å². The van der Waals surface area contributed by atoms with Gasteiger partial charge in [0, 0.05) is 0 Å². The van der Waals surface area contributed by atoms with Crippen molar-refractivity contribution in [1.29, 1.82) is 0 Å². The van der Waals surface area contributed by atoms with Crippen LogP contribution in [0.3, 0.4) is 0 Å². The van der Waals surface area contributed by atoms with Crippen molar-refractivity contribution in [3.05, 3.63) is 138 Å². The van der Waals surface area contributed by atoms with Gasteiger partial charge in [0.25, 0.3) is 0 Å². The van der Waals surface area contributed by atoms with Crippen LogP contribution in [0.1, 0.15) is 22.3 Å². The van der Waals surface area contributed by atoms with E-state index < -0.39 is 37.4 Å². The van der Waals surface area contributed by atoms with Gasteiger partial charge in [-0.1, -0.05) is 109 Å². The first-order chi connectivity index (χ1) is 19.7. The van der Waals surface area contributed by atoms with Crippen LogP contribution in [-0.2, 0) is 38.8 Å². The molecule has 6 heteroatoms. The molecule has 1 saturated heterocycles. The first kappa shape index (κ1) is 28.0. The van der Waals surface area contributed by atoms with E-state index in [4.69, 9.17) is 23.7 Å². The lowest BCUT2D eigenvalue weighted by Gasteiger charge is -2.45. The second-order valence-electron chi connectivity index (χ2n) is 9.91. The molecule has 4 aromatic carbocycles. The molecule has 1 fully saturated rings. The third-order valence-electron chi connectivity index (χ3n) is 6.87. The SMILES string of the molecule is Cc1ccc(OC2OC(CF)C(OCc3ccccc3)C(OCc3ccccc3)C2OCc2ccccc2)cc1. The Morgan fingerprint density at radius 3 is 1.50 bits per heavy atom. The molecule has 1 aliphatic rings. The van der Waals surface area contributed by atoms with E-state index in [0.29, 0.717) is 19.0 Å². The van der Waals surface area contributed by atoms with Gasteiger partial charge in [0.15, 0.2) is 0 Å². The molecule has 0 aliphatic carbocycles. The molecule has 0 N–H and O–H groups in total. The number of aryl methyl sites for hydroxylation is 1. The summed E-state index contributed by atoms with van der Waals surface area (Å²) in [5, 5.41) is 0. The van der Waals surface area contributed by atoms with Crippen molar-refractivity contribution in [2.24, 2.45) is 0 Å². The molecule has 0 spiro atoms. The summed E-state index contributed by atoms with van der Waals surface area (Å²) < 4.78 is 46.4. The summed E-state index contributed by atoms with van der Waals surface area (Å²) in [5.41, 5.74) is 4.06. The highest BCUT2D eigenvalue weighted by atomic mass is 19.1. The maximum Gasteiger partial charge on any atom is 0.229 e. The van der Waals surface area contributed by atoms with Gasteiger partial charge in [-0.2, -0.15) is 0 Å². The van der Waals surface area contributed by atoms with Crippen molar-refractivity contribution < 1.29 is 28.1 Å². The highest BCUT2D eigenvalue weighted by Gasteiger charge is 2.49. The number of alkyl halides is 1. The number of ether oxygens (including phenoxy) is 5. The quantitative estimate of drug-likeness (QED) is 0.197. The van der Waals surface area contributed by atoms with Crippen LogP contribution in [0.25, 0.3) is 0 Å². The highest BCUT2D eigenvalue weighted by molar-refractivity contribution is 5.26. The summed E-state index contributed by atoms with van der Waals surface area (Å²) >= 11 is 0. The smallest absolute Gasteiger partial charge is 0.229 e. The van der Waals surface area contributed by atoms with E-state index >= 15 is 0 Å². The first-order valence-corrected chi connectivity index (χ1v) is 13.6. The molecule has 1 heterocycles. The molecule has 0 bridgehead atoms. The predicted molar refractivity (Wildman–Crippen MR) is 151 cm³/mol. The van der Waals surface area contributed by atoms with Crippen LogP contribution in [0.4, 0.5) is 4.39 Å². The Balaban J connectivity index is 1.44. The molecule has 40 heavy (non-hydrogen) atoms. The largest absolute Gasteiger partial charge is 0.462 e. The van der Waals surface area contributed by atoms with Crippen molar-refractivity contribution in [2.75, 3.05) is 6.67 Å². The third kappa shape index (κ3) is 7.55. The van der Waals surface area contributed by atoms with E-state index in [-0.39, 0.29) is 6.61 Å².